The molecule has 0 unspecified atom stereocenters. The minimum Gasteiger partial charge on any atom is -0.383 e. The number of Topliss-reactive ketones (excluding diaryl/α,β-unsaturated/α-hetero) is 1. The molecule has 0 atom stereocenters. The molecule has 3 rings (SSSR count). The Morgan fingerprint density at radius 1 is 1.30 bits per heavy atom. The predicted molar refractivity (Wildman–Crippen MR) is 81.7 cm³/mol. The Hall–Kier alpha value is -1.34. The predicted octanol–water partition coefficient (Wildman–Crippen LogP) is 2.72. The molecule has 1 aliphatic heterocycles. The van der Waals surface area contributed by atoms with Gasteiger partial charge in [-0.05, 0) is 43.6 Å². The van der Waals surface area contributed by atoms with Gasteiger partial charge < -0.3 is 10.0 Å². The molecule has 4 nitrogen and oxygen atoms in total. The van der Waals surface area contributed by atoms with Crippen LogP contribution in [0.5, 0.6) is 0 Å². The van der Waals surface area contributed by atoms with Gasteiger partial charge in [0.05, 0.1) is 4.88 Å². The minimum atomic E-state index is -3.74. The summed E-state index contributed by atoms with van der Waals surface area (Å²) in [6, 6.07) is 3.56. The van der Waals surface area contributed by atoms with Crippen molar-refractivity contribution in [2.75, 3.05) is 13.1 Å². The first-order valence-corrected chi connectivity index (χ1v) is 8.70. The third-order valence-electron chi connectivity index (χ3n) is 4.95. The molecular formula is C16H19F2NO3S. The Morgan fingerprint density at radius 3 is 2.43 bits per heavy atom. The maximum absolute atomic E-state index is 14.2. The van der Waals surface area contributed by atoms with E-state index in [1.54, 1.807) is 12.1 Å². The first-order chi connectivity index (χ1) is 10.8. The fourth-order valence-corrected chi connectivity index (χ4v) is 3.93. The van der Waals surface area contributed by atoms with Gasteiger partial charge in [0.25, 0.3) is 5.91 Å². The van der Waals surface area contributed by atoms with Crippen LogP contribution in [0.25, 0.3) is 0 Å². The zero-order valence-corrected chi connectivity index (χ0v) is 13.5. The van der Waals surface area contributed by atoms with Gasteiger partial charge in [0.1, 0.15) is 5.60 Å². The topological polar surface area (TPSA) is 57.6 Å². The van der Waals surface area contributed by atoms with E-state index in [4.69, 9.17) is 0 Å². The summed E-state index contributed by atoms with van der Waals surface area (Å²) in [5, 5.41) is 11.7. The van der Waals surface area contributed by atoms with Crippen molar-refractivity contribution in [3.8, 4) is 0 Å². The van der Waals surface area contributed by atoms with Gasteiger partial charge in [-0.15, -0.1) is 11.3 Å². The maximum Gasteiger partial charge on any atom is 0.352 e. The average molecular weight is 343 g/mol. The number of likely N-dealkylation sites (tertiary alicyclic amines) is 1. The maximum atomic E-state index is 14.2. The van der Waals surface area contributed by atoms with Gasteiger partial charge in [0, 0.05) is 19.0 Å². The zero-order valence-electron chi connectivity index (χ0n) is 12.6. The second kappa shape index (κ2) is 5.94. The number of amides is 1. The summed E-state index contributed by atoms with van der Waals surface area (Å²) in [6.07, 6.45) is 1.20. The Labute approximate surface area is 137 Å². The Morgan fingerprint density at radius 2 is 1.96 bits per heavy atom. The van der Waals surface area contributed by atoms with Crippen molar-refractivity contribution < 1.29 is 23.5 Å². The van der Waals surface area contributed by atoms with Crippen LogP contribution in [0.2, 0.25) is 0 Å². The van der Waals surface area contributed by atoms with Crippen molar-refractivity contribution in [2.24, 2.45) is 5.92 Å². The van der Waals surface area contributed by atoms with Gasteiger partial charge in [-0.25, -0.2) is 0 Å². The van der Waals surface area contributed by atoms with Crippen LogP contribution in [-0.4, -0.2) is 46.3 Å². The van der Waals surface area contributed by atoms with Crippen LogP contribution in [-0.2, 0) is 4.79 Å². The molecule has 1 saturated carbocycles. The number of thiophene rings is 1. The van der Waals surface area contributed by atoms with E-state index in [2.05, 4.69) is 0 Å². The van der Waals surface area contributed by atoms with E-state index in [1.807, 2.05) is 5.38 Å². The summed E-state index contributed by atoms with van der Waals surface area (Å²) >= 11 is 1.37. The highest BCUT2D eigenvalue weighted by molar-refractivity contribution is 7.12. The lowest BCUT2D eigenvalue weighted by atomic mass is 9.74. The van der Waals surface area contributed by atoms with Gasteiger partial charge in [-0.1, -0.05) is 6.07 Å². The van der Waals surface area contributed by atoms with E-state index in [0.717, 1.165) is 4.90 Å². The van der Waals surface area contributed by atoms with Crippen molar-refractivity contribution in [3.05, 3.63) is 22.4 Å². The number of hydrogen-bond donors (Lipinski definition) is 1. The molecule has 1 aromatic heterocycles. The van der Waals surface area contributed by atoms with Crippen LogP contribution in [0.1, 0.15) is 41.8 Å². The fourth-order valence-electron chi connectivity index (χ4n) is 3.19. The van der Waals surface area contributed by atoms with Crippen LogP contribution in [0, 0.1) is 5.92 Å². The molecule has 0 spiro atoms. The molecule has 126 valence electrons. The summed E-state index contributed by atoms with van der Waals surface area (Å²) < 4.78 is 28.4. The van der Waals surface area contributed by atoms with Crippen LogP contribution in [0.15, 0.2) is 17.5 Å². The van der Waals surface area contributed by atoms with Crippen LogP contribution < -0.4 is 0 Å². The Bertz CT molecular complexity index is 590. The molecule has 2 fully saturated rings. The Kier molecular flexibility index (Phi) is 4.27. The monoisotopic (exact) mass is 343 g/mol. The smallest absolute Gasteiger partial charge is 0.352 e. The largest absolute Gasteiger partial charge is 0.383 e. The fraction of sp³-hybridized carbons (Fsp3) is 0.625. The molecule has 7 heteroatoms. The lowest BCUT2D eigenvalue weighted by molar-refractivity contribution is -0.224. The summed E-state index contributed by atoms with van der Waals surface area (Å²) in [5.74, 6) is -5.24. The lowest BCUT2D eigenvalue weighted by Crippen LogP contribution is -2.62. The van der Waals surface area contributed by atoms with E-state index in [9.17, 15) is 23.5 Å². The SMILES string of the molecule is O=C(c1cccs1)C1CCN(C(=O)C(F)(F)C2(O)CCC2)CC1. The first-order valence-electron chi connectivity index (χ1n) is 7.82. The number of ketones is 1. The summed E-state index contributed by atoms with van der Waals surface area (Å²) in [7, 11) is 0. The quantitative estimate of drug-likeness (QED) is 0.855. The highest BCUT2D eigenvalue weighted by Crippen LogP contribution is 2.45. The lowest BCUT2D eigenvalue weighted by Gasteiger charge is -2.44. The van der Waals surface area contributed by atoms with Gasteiger partial charge in [-0.2, -0.15) is 8.78 Å². The number of piperidine rings is 1. The number of hydrogen-bond acceptors (Lipinski definition) is 4. The zero-order chi connectivity index (χ0) is 16.7. The summed E-state index contributed by atoms with van der Waals surface area (Å²) in [4.78, 5) is 26.1. The minimum absolute atomic E-state index is 0.0245. The molecule has 0 aromatic carbocycles. The molecule has 1 aliphatic carbocycles. The van der Waals surface area contributed by atoms with Gasteiger partial charge >= 0.3 is 5.92 Å². The number of carbonyl (C=O) groups excluding carboxylic acids is 2. The van der Waals surface area contributed by atoms with Crippen molar-refractivity contribution in [3.63, 3.8) is 0 Å². The van der Waals surface area contributed by atoms with Gasteiger partial charge in [0.15, 0.2) is 5.78 Å². The van der Waals surface area contributed by atoms with Crippen molar-refractivity contribution >= 4 is 23.0 Å². The first kappa shape index (κ1) is 16.5. The number of alkyl halides is 2. The molecule has 1 saturated heterocycles. The summed E-state index contributed by atoms with van der Waals surface area (Å²) in [5.41, 5.74) is -2.19. The molecule has 1 N–H and O–H groups in total. The molecule has 0 bridgehead atoms. The molecule has 2 heterocycles. The molecule has 23 heavy (non-hydrogen) atoms. The highest BCUT2D eigenvalue weighted by Gasteiger charge is 2.62. The average Bonchev–Trinajstić information content (AvgIpc) is 3.05. The van der Waals surface area contributed by atoms with Crippen LogP contribution in [0.4, 0.5) is 8.78 Å². The number of nitrogens with zero attached hydrogens (tertiary/aromatic N) is 1. The van der Waals surface area contributed by atoms with Crippen LogP contribution in [0.3, 0.4) is 0 Å². The second-order valence-electron chi connectivity index (χ2n) is 6.37. The normalized spacial score (nSPS) is 21.8. The summed E-state index contributed by atoms with van der Waals surface area (Å²) in [6.45, 7) is 0.262. The van der Waals surface area contributed by atoms with E-state index >= 15 is 0 Å². The van der Waals surface area contributed by atoms with Crippen molar-refractivity contribution in [1.82, 2.24) is 4.90 Å². The number of halogens is 2. The molecule has 1 amide bonds. The number of aliphatic hydroxyl groups is 1. The standard InChI is InChI=1S/C16H19F2NO3S/c17-16(18,15(22)6-2-7-15)14(21)19-8-4-11(5-9-19)13(20)12-3-1-10-23-12/h1,3,10-11,22H,2,4-9H2. The third-order valence-corrected chi connectivity index (χ3v) is 5.84. The van der Waals surface area contributed by atoms with Gasteiger partial charge in [-0.3, -0.25) is 9.59 Å². The molecular weight excluding hydrogens is 324 g/mol. The second-order valence-corrected chi connectivity index (χ2v) is 7.32. The van der Waals surface area contributed by atoms with E-state index in [1.165, 1.54) is 11.3 Å². The van der Waals surface area contributed by atoms with Crippen molar-refractivity contribution in [2.45, 2.75) is 43.6 Å². The molecule has 1 aromatic rings. The third kappa shape index (κ3) is 2.80. The molecule has 2 aliphatic rings. The Balaban J connectivity index is 1.60. The van der Waals surface area contributed by atoms with Crippen LogP contribution >= 0.6 is 11.3 Å². The van der Waals surface area contributed by atoms with Crippen molar-refractivity contribution in [1.29, 1.82) is 0 Å². The van der Waals surface area contributed by atoms with Gasteiger partial charge in [0.2, 0.25) is 0 Å². The highest BCUT2D eigenvalue weighted by atomic mass is 32.1. The number of carbonyl (C=O) groups is 2. The number of rotatable bonds is 4. The van der Waals surface area contributed by atoms with E-state index < -0.39 is 17.4 Å². The van der Waals surface area contributed by atoms with E-state index in [0.29, 0.717) is 24.1 Å². The molecule has 0 radical (unpaired) electrons. The van der Waals surface area contributed by atoms with E-state index in [-0.39, 0.29) is 37.6 Å².